The molecule has 0 N–H and O–H groups in total. The average Bonchev–Trinajstić information content (AvgIpc) is 3.28. The first kappa shape index (κ1) is 19.1. The van der Waals surface area contributed by atoms with Crippen molar-refractivity contribution in [2.75, 3.05) is 32.7 Å². The summed E-state index contributed by atoms with van der Waals surface area (Å²) in [4.78, 5) is 31.5. The largest absolute Gasteiger partial charge is 0.337 e. The van der Waals surface area contributed by atoms with E-state index in [0.717, 1.165) is 50.1 Å². The molecule has 2 saturated heterocycles. The second-order valence-corrected chi connectivity index (χ2v) is 8.16. The Morgan fingerprint density at radius 2 is 1.89 bits per heavy atom. The lowest BCUT2D eigenvalue weighted by Gasteiger charge is -2.26. The van der Waals surface area contributed by atoms with Gasteiger partial charge in [-0.3, -0.25) is 14.5 Å². The van der Waals surface area contributed by atoms with E-state index in [1.165, 1.54) is 23.5 Å². The number of nitrogens with zero attached hydrogens (tertiary/aromatic N) is 3. The molecule has 2 fully saturated rings. The third-order valence-corrected chi connectivity index (χ3v) is 6.27. The number of halogens is 1. The van der Waals surface area contributed by atoms with Gasteiger partial charge in [-0.1, -0.05) is 12.1 Å². The number of thiophene rings is 1. The molecule has 7 heteroatoms. The summed E-state index contributed by atoms with van der Waals surface area (Å²) in [6.45, 7) is 4.16. The molecule has 0 unspecified atom stereocenters. The maximum absolute atomic E-state index is 13.1. The first-order valence-electron chi connectivity index (χ1n) is 9.70. The van der Waals surface area contributed by atoms with Gasteiger partial charge in [0.25, 0.3) is 5.91 Å². The van der Waals surface area contributed by atoms with Gasteiger partial charge in [0.05, 0.1) is 11.6 Å². The van der Waals surface area contributed by atoms with Crippen molar-refractivity contribution in [3.63, 3.8) is 0 Å². The fourth-order valence-electron chi connectivity index (χ4n) is 4.05. The summed E-state index contributed by atoms with van der Waals surface area (Å²) in [6, 6.07) is 8.08. The maximum atomic E-state index is 13.1. The van der Waals surface area contributed by atoms with Crippen molar-refractivity contribution in [1.29, 1.82) is 0 Å². The molecule has 0 aliphatic carbocycles. The van der Waals surface area contributed by atoms with Crippen LogP contribution in [0.15, 0.2) is 41.1 Å². The number of likely N-dealkylation sites (tertiary alicyclic amines) is 1. The molecule has 1 aromatic carbocycles. The predicted molar refractivity (Wildman–Crippen MR) is 107 cm³/mol. The number of hydrogen-bond acceptors (Lipinski definition) is 4. The molecule has 5 nitrogen and oxygen atoms in total. The molecule has 4 rings (SSSR count). The number of hydrogen-bond donors (Lipinski definition) is 0. The Balaban J connectivity index is 1.35. The van der Waals surface area contributed by atoms with Crippen molar-refractivity contribution in [3.05, 3.63) is 58.0 Å². The Bertz CT molecular complexity index is 825. The van der Waals surface area contributed by atoms with Gasteiger partial charge in [-0.15, -0.1) is 0 Å². The zero-order valence-electron chi connectivity index (χ0n) is 15.7. The zero-order valence-corrected chi connectivity index (χ0v) is 16.5. The molecule has 0 radical (unpaired) electrons. The third kappa shape index (κ3) is 4.10. The summed E-state index contributed by atoms with van der Waals surface area (Å²) < 4.78 is 13.1. The molecule has 1 aromatic heterocycles. The Morgan fingerprint density at radius 3 is 2.64 bits per heavy atom. The first-order valence-corrected chi connectivity index (χ1v) is 10.6. The predicted octanol–water partition coefficient (Wildman–Crippen LogP) is 2.84. The monoisotopic (exact) mass is 401 g/mol. The van der Waals surface area contributed by atoms with Gasteiger partial charge in [-0.25, -0.2) is 4.39 Å². The number of benzene rings is 1. The quantitative estimate of drug-likeness (QED) is 0.791. The number of rotatable bonds is 4. The summed E-state index contributed by atoms with van der Waals surface area (Å²) in [6.07, 6.45) is 1.68. The number of carbonyl (C=O) groups excluding carboxylic acids is 2. The SMILES string of the molecule is O=C(c1ccsc1)N1CCCN([C@H]2CCN(Cc3ccc(F)cc3)C2=O)CC1. The van der Waals surface area contributed by atoms with E-state index in [0.29, 0.717) is 13.1 Å². The van der Waals surface area contributed by atoms with Crippen LogP contribution in [0.5, 0.6) is 0 Å². The highest BCUT2D eigenvalue weighted by molar-refractivity contribution is 7.08. The van der Waals surface area contributed by atoms with Crippen molar-refractivity contribution in [1.82, 2.24) is 14.7 Å². The van der Waals surface area contributed by atoms with Crippen LogP contribution < -0.4 is 0 Å². The molecule has 1 atom stereocenters. The number of carbonyl (C=O) groups is 2. The molecule has 3 heterocycles. The van der Waals surface area contributed by atoms with Crippen LogP contribution in [0.25, 0.3) is 0 Å². The van der Waals surface area contributed by atoms with Gasteiger partial charge >= 0.3 is 0 Å². The highest BCUT2D eigenvalue weighted by Crippen LogP contribution is 2.22. The van der Waals surface area contributed by atoms with E-state index in [2.05, 4.69) is 4.90 Å². The van der Waals surface area contributed by atoms with Gasteiger partial charge in [0.1, 0.15) is 5.82 Å². The Kier molecular flexibility index (Phi) is 5.73. The van der Waals surface area contributed by atoms with Crippen LogP contribution in [0.3, 0.4) is 0 Å². The zero-order chi connectivity index (χ0) is 19.5. The minimum absolute atomic E-state index is 0.0822. The molecule has 148 valence electrons. The molecular weight excluding hydrogens is 377 g/mol. The topological polar surface area (TPSA) is 43.9 Å². The van der Waals surface area contributed by atoms with Gasteiger partial charge in [0, 0.05) is 44.6 Å². The van der Waals surface area contributed by atoms with E-state index in [9.17, 15) is 14.0 Å². The van der Waals surface area contributed by atoms with Crippen molar-refractivity contribution in [2.24, 2.45) is 0 Å². The Hall–Kier alpha value is -2.25. The second-order valence-electron chi connectivity index (χ2n) is 7.38. The van der Waals surface area contributed by atoms with Crippen molar-refractivity contribution < 1.29 is 14.0 Å². The van der Waals surface area contributed by atoms with Crippen LogP contribution in [0.1, 0.15) is 28.8 Å². The summed E-state index contributed by atoms with van der Waals surface area (Å²) >= 11 is 1.53. The lowest BCUT2D eigenvalue weighted by molar-refractivity contribution is -0.132. The molecule has 2 amide bonds. The molecule has 0 saturated carbocycles. The minimum atomic E-state index is -0.263. The normalized spacial score (nSPS) is 21.2. The maximum Gasteiger partial charge on any atom is 0.254 e. The van der Waals surface area contributed by atoms with Crippen LogP contribution in [-0.2, 0) is 11.3 Å². The van der Waals surface area contributed by atoms with E-state index in [-0.39, 0.29) is 23.7 Å². The fourth-order valence-corrected chi connectivity index (χ4v) is 4.68. The fraction of sp³-hybridized carbons (Fsp3) is 0.429. The summed E-state index contributed by atoms with van der Waals surface area (Å²) in [7, 11) is 0. The van der Waals surface area contributed by atoms with E-state index in [1.807, 2.05) is 26.6 Å². The molecule has 2 aliphatic heterocycles. The van der Waals surface area contributed by atoms with Crippen molar-refractivity contribution in [3.8, 4) is 0 Å². The van der Waals surface area contributed by atoms with Crippen molar-refractivity contribution >= 4 is 23.2 Å². The van der Waals surface area contributed by atoms with E-state index >= 15 is 0 Å². The van der Waals surface area contributed by atoms with Gasteiger partial charge in [-0.2, -0.15) is 11.3 Å². The molecular formula is C21H24FN3O2S. The van der Waals surface area contributed by atoms with E-state index < -0.39 is 0 Å². The smallest absolute Gasteiger partial charge is 0.254 e. The van der Waals surface area contributed by atoms with Gasteiger partial charge in [0.2, 0.25) is 5.91 Å². The summed E-state index contributed by atoms with van der Waals surface area (Å²) in [5, 5.41) is 3.81. The van der Waals surface area contributed by atoms with Crippen LogP contribution in [-0.4, -0.2) is 65.3 Å². The molecule has 0 bridgehead atoms. The Labute approximate surface area is 168 Å². The lowest BCUT2D eigenvalue weighted by atomic mass is 10.2. The summed E-state index contributed by atoms with van der Waals surface area (Å²) in [5.74, 6) is -0.0405. The van der Waals surface area contributed by atoms with Crippen molar-refractivity contribution in [2.45, 2.75) is 25.4 Å². The van der Waals surface area contributed by atoms with E-state index in [1.54, 1.807) is 12.1 Å². The molecule has 2 aromatic rings. The van der Waals surface area contributed by atoms with Crippen LogP contribution >= 0.6 is 11.3 Å². The minimum Gasteiger partial charge on any atom is -0.337 e. The van der Waals surface area contributed by atoms with Gasteiger partial charge < -0.3 is 9.80 Å². The van der Waals surface area contributed by atoms with Gasteiger partial charge in [0.15, 0.2) is 0 Å². The third-order valence-electron chi connectivity index (χ3n) is 5.58. The van der Waals surface area contributed by atoms with Crippen LogP contribution in [0.2, 0.25) is 0 Å². The first-order chi connectivity index (χ1) is 13.6. The average molecular weight is 402 g/mol. The standard InChI is InChI=1S/C21H24FN3O2S/c22-18-4-2-16(3-5-18)14-25-10-6-19(21(25)27)23-8-1-9-24(12-11-23)20(26)17-7-13-28-15-17/h2-5,7,13,15,19H,1,6,8-12,14H2/t19-/m0/s1. The second kappa shape index (κ2) is 8.41. The molecule has 0 spiro atoms. The van der Waals surface area contributed by atoms with E-state index in [4.69, 9.17) is 0 Å². The molecule has 28 heavy (non-hydrogen) atoms. The number of amides is 2. The lowest BCUT2D eigenvalue weighted by Crippen LogP contribution is -2.44. The summed E-state index contributed by atoms with van der Waals surface area (Å²) in [5.41, 5.74) is 1.69. The highest BCUT2D eigenvalue weighted by atomic mass is 32.1. The van der Waals surface area contributed by atoms with Crippen LogP contribution in [0.4, 0.5) is 4.39 Å². The molecule has 2 aliphatic rings. The highest BCUT2D eigenvalue weighted by Gasteiger charge is 2.36. The van der Waals surface area contributed by atoms with Crippen LogP contribution in [0, 0.1) is 5.82 Å². The Morgan fingerprint density at radius 1 is 1.07 bits per heavy atom. The van der Waals surface area contributed by atoms with Gasteiger partial charge in [-0.05, 0) is 42.0 Å².